The zero-order chi connectivity index (χ0) is 18.5. The number of rotatable bonds is 4. The van der Waals surface area contributed by atoms with Crippen LogP contribution in [0.3, 0.4) is 0 Å². The van der Waals surface area contributed by atoms with Crippen molar-refractivity contribution in [2.24, 2.45) is 0 Å². The zero-order valence-corrected chi connectivity index (χ0v) is 15.3. The zero-order valence-electron chi connectivity index (χ0n) is 14.5. The van der Waals surface area contributed by atoms with Crippen molar-refractivity contribution in [3.05, 3.63) is 58.2 Å². The first kappa shape index (κ1) is 17.9. The van der Waals surface area contributed by atoms with Gasteiger partial charge in [-0.2, -0.15) is 4.98 Å². The fourth-order valence-electron chi connectivity index (χ4n) is 2.47. The smallest absolute Gasteiger partial charge is 0.354 e. The second kappa shape index (κ2) is 8.00. The first-order valence-electron chi connectivity index (χ1n) is 8.03. The van der Waals surface area contributed by atoms with Gasteiger partial charge in [-0.1, -0.05) is 23.4 Å². The molecule has 2 aromatic heterocycles. The van der Waals surface area contributed by atoms with E-state index in [9.17, 15) is 4.79 Å². The van der Waals surface area contributed by atoms with Gasteiger partial charge in [0.25, 0.3) is 0 Å². The third kappa shape index (κ3) is 4.02. The highest BCUT2D eigenvalue weighted by molar-refractivity contribution is 6.31. The molecule has 3 rings (SSSR count). The summed E-state index contributed by atoms with van der Waals surface area (Å²) in [5, 5.41) is 4.45. The number of aromatic nitrogens is 3. The molecule has 0 bridgehead atoms. The Balaban J connectivity index is 2.04. The summed E-state index contributed by atoms with van der Waals surface area (Å²) in [6, 6.07) is 8.93. The van der Waals surface area contributed by atoms with Gasteiger partial charge in [0.2, 0.25) is 0 Å². The van der Waals surface area contributed by atoms with Gasteiger partial charge in [0.05, 0.1) is 30.5 Å². The van der Waals surface area contributed by atoms with Crippen LogP contribution in [0, 0.1) is 11.8 Å². The SMILES string of the molecule is CN(C)CC#CCNc1nc(=O)n(-c2cccnc2)c2cc(Cl)ccc12. The molecule has 0 aliphatic heterocycles. The standard InChI is InChI=1S/C19H18ClN5O/c1-24(2)11-4-3-10-22-18-16-8-7-14(20)12-17(16)25(19(26)23-18)15-6-5-9-21-13-15/h5-9,12-13H,10-11H2,1-2H3,(H,22,23,26). The highest BCUT2D eigenvalue weighted by Gasteiger charge is 2.12. The van der Waals surface area contributed by atoms with Gasteiger partial charge in [0.1, 0.15) is 5.82 Å². The maximum absolute atomic E-state index is 12.6. The van der Waals surface area contributed by atoms with Crippen LogP contribution in [0.1, 0.15) is 0 Å². The molecule has 0 saturated heterocycles. The van der Waals surface area contributed by atoms with Crippen molar-refractivity contribution in [2.75, 3.05) is 32.5 Å². The summed E-state index contributed by atoms with van der Waals surface area (Å²) in [6.45, 7) is 1.07. The second-order valence-corrected chi connectivity index (χ2v) is 6.33. The Kier molecular flexibility index (Phi) is 5.52. The molecular formula is C19H18ClN5O. The van der Waals surface area contributed by atoms with Crippen molar-refractivity contribution in [1.29, 1.82) is 0 Å². The number of benzene rings is 1. The Morgan fingerprint density at radius 2 is 2.12 bits per heavy atom. The van der Waals surface area contributed by atoms with Crippen molar-refractivity contribution in [3.8, 4) is 17.5 Å². The lowest BCUT2D eigenvalue weighted by Crippen LogP contribution is -2.23. The quantitative estimate of drug-likeness (QED) is 0.717. The maximum Gasteiger partial charge on any atom is 0.354 e. The molecule has 0 radical (unpaired) electrons. The molecule has 0 spiro atoms. The number of anilines is 1. The molecule has 0 aliphatic rings. The molecule has 26 heavy (non-hydrogen) atoms. The van der Waals surface area contributed by atoms with Crippen LogP contribution in [0.5, 0.6) is 0 Å². The summed E-state index contributed by atoms with van der Waals surface area (Å²) >= 11 is 6.16. The van der Waals surface area contributed by atoms with Crippen molar-refractivity contribution >= 4 is 28.3 Å². The fourth-order valence-corrected chi connectivity index (χ4v) is 2.64. The van der Waals surface area contributed by atoms with Crippen LogP contribution < -0.4 is 11.0 Å². The average Bonchev–Trinajstić information content (AvgIpc) is 2.61. The Morgan fingerprint density at radius 1 is 1.27 bits per heavy atom. The van der Waals surface area contributed by atoms with E-state index in [1.165, 1.54) is 4.57 Å². The summed E-state index contributed by atoms with van der Waals surface area (Å²) in [7, 11) is 3.91. The number of hydrogen-bond acceptors (Lipinski definition) is 5. The van der Waals surface area contributed by atoms with Gasteiger partial charge in [-0.15, -0.1) is 0 Å². The van der Waals surface area contributed by atoms with Gasteiger partial charge >= 0.3 is 5.69 Å². The molecule has 7 heteroatoms. The highest BCUT2D eigenvalue weighted by Crippen LogP contribution is 2.24. The Bertz CT molecular complexity index is 1030. The number of hydrogen-bond donors (Lipinski definition) is 1. The molecular weight excluding hydrogens is 350 g/mol. The van der Waals surface area contributed by atoms with E-state index >= 15 is 0 Å². The molecule has 0 atom stereocenters. The molecule has 1 N–H and O–H groups in total. The van der Waals surface area contributed by atoms with Crippen LogP contribution in [0.4, 0.5) is 5.82 Å². The van der Waals surface area contributed by atoms with E-state index in [1.54, 1.807) is 36.7 Å². The first-order valence-corrected chi connectivity index (χ1v) is 8.41. The van der Waals surface area contributed by atoms with Gasteiger partial charge in [0, 0.05) is 16.6 Å². The molecule has 3 aromatic rings. The average molecular weight is 368 g/mol. The highest BCUT2D eigenvalue weighted by atomic mass is 35.5. The number of fused-ring (bicyclic) bond motifs is 1. The van der Waals surface area contributed by atoms with Crippen LogP contribution in [-0.2, 0) is 0 Å². The van der Waals surface area contributed by atoms with Crippen LogP contribution >= 0.6 is 11.6 Å². The number of nitrogens with zero attached hydrogens (tertiary/aromatic N) is 4. The lowest BCUT2D eigenvalue weighted by atomic mass is 10.2. The van der Waals surface area contributed by atoms with E-state index in [-0.39, 0.29) is 0 Å². The lowest BCUT2D eigenvalue weighted by molar-refractivity contribution is 0.464. The molecule has 0 aliphatic carbocycles. The lowest BCUT2D eigenvalue weighted by Gasteiger charge is -2.13. The minimum Gasteiger partial charge on any atom is -0.358 e. The van der Waals surface area contributed by atoms with Crippen molar-refractivity contribution < 1.29 is 0 Å². The van der Waals surface area contributed by atoms with Crippen molar-refractivity contribution in [2.45, 2.75) is 0 Å². The van der Waals surface area contributed by atoms with Gasteiger partial charge in [0.15, 0.2) is 0 Å². The predicted octanol–water partition coefficient (Wildman–Crippen LogP) is 2.41. The molecule has 1 aromatic carbocycles. The monoisotopic (exact) mass is 367 g/mol. The third-order valence-electron chi connectivity index (χ3n) is 3.62. The molecule has 0 fully saturated rings. The fraction of sp³-hybridized carbons (Fsp3) is 0.211. The number of pyridine rings is 1. The maximum atomic E-state index is 12.6. The summed E-state index contributed by atoms with van der Waals surface area (Å²) in [6.07, 6.45) is 3.27. The van der Waals surface area contributed by atoms with E-state index in [4.69, 9.17) is 11.6 Å². The van der Waals surface area contributed by atoms with E-state index in [0.717, 1.165) is 5.39 Å². The summed E-state index contributed by atoms with van der Waals surface area (Å²) in [5.41, 5.74) is 0.889. The predicted molar refractivity (Wildman–Crippen MR) is 105 cm³/mol. The van der Waals surface area contributed by atoms with Crippen LogP contribution in [0.25, 0.3) is 16.6 Å². The summed E-state index contributed by atoms with van der Waals surface area (Å²) in [4.78, 5) is 22.9. The van der Waals surface area contributed by atoms with Crippen LogP contribution in [-0.4, -0.2) is 46.6 Å². The minimum atomic E-state index is -0.406. The summed E-state index contributed by atoms with van der Waals surface area (Å²) in [5.74, 6) is 6.54. The molecule has 0 saturated carbocycles. The largest absolute Gasteiger partial charge is 0.358 e. The van der Waals surface area contributed by atoms with E-state index in [0.29, 0.717) is 35.1 Å². The van der Waals surface area contributed by atoms with Crippen molar-refractivity contribution in [1.82, 2.24) is 19.4 Å². The van der Waals surface area contributed by atoms with Crippen LogP contribution in [0.2, 0.25) is 5.02 Å². The van der Waals surface area contributed by atoms with E-state index in [1.807, 2.05) is 25.1 Å². The summed E-state index contributed by atoms with van der Waals surface area (Å²) < 4.78 is 1.50. The Morgan fingerprint density at radius 3 is 2.85 bits per heavy atom. The molecule has 0 amide bonds. The number of halogens is 1. The molecule has 0 unspecified atom stereocenters. The van der Waals surface area contributed by atoms with Gasteiger partial charge < -0.3 is 5.32 Å². The van der Waals surface area contributed by atoms with E-state index in [2.05, 4.69) is 27.1 Å². The third-order valence-corrected chi connectivity index (χ3v) is 3.86. The van der Waals surface area contributed by atoms with Gasteiger partial charge in [-0.3, -0.25) is 14.5 Å². The Hall–Kier alpha value is -2.88. The number of nitrogens with one attached hydrogen (secondary N) is 1. The molecule has 2 heterocycles. The molecule has 6 nitrogen and oxygen atoms in total. The van der Waals surface area contributed by atoms with Gasteiger partial charge in [-0.25, -0.2) is 4.79 Å². The normalized spacial score (nSPS) is 10.6. The topological polar surface area (TPSA) is 63.1 Å². The van der Waals surface area contributed by atoms with Crippen molar-refractivity contribution in [3.63, 3.8) is 0 Å². The second-order valence-electron chi connectivity index (χ2n) is 5.90. The van der Waals surface area contributed by atoms with Crippen LogP contribution in [0.15, 0.2) is 47.5 Å². The van der Waals surface area contributed by atoms with Gasteiger partial charge in [-0.05, 0) is 44.4 Å². The Labute approximate surface area is 156 Å². The van der Waals surface area contributed by atoms with E-state index < -0.39 is 5.69 Å². The minimum absolute atomic E-state index is 0.398. The molecule has 132 valence electrons. The first-order chi connectivity index (χ1) is 12.6.